The van der Waals surface area contributed by atoms with E-state index in [4.69, 9.17) is 0 Å². The van der Waals surface area contributed by atoms with Gasteiger partial charge in [-0.05, 0) is 36.8 Å². The molecule has 2 amide bonds. The molecule has 3 rings (SSSR count). The van der Waals surface area contributed by atoms with Gasteiger partial charge in [-0.3, -0.25) is 4.79 Å². The molecule has 184 valence electrons. The van der Waals surface area contributed by atoms with Crippen LogP contribution in [0.4, 0.5) is 50.0 Å². The number of anilines is 1. The van der Waals surface area contributed by atoms with Crippen LogP contribution in [0.1, 0.15) is 25.0 Å². The average Bonchev–Trinajstić information content (AvgIpc) is 3.37. The van der Waals surface area contributed by atoms with E-state index < -0.39 is 59.3 Å². The van der Waals surface area contributed by atoms with Gasteiger partial charge in [0.1, 0.15) is 0 Å². The van der Waals surface area contributed by atoms with E-state index in [-0.39, 0.29) is 32.4 Å². The maximum absolute atomic E-state index is 13.0. The van der Waals surface area contributed by atoms with E-state index in [1.165, 1.54) is 6.07 Å². The molecule has 1 saturated carbocycles. The predicted molar refractivity (Wildman–Crippen MR) is 91.6 cm³/mol. The van der Waals surface area contributed by atoms with Gasteiger partial charge >= 0.3 is 24.6 Å². The Balaban J connectivity index is 1.58. The summed E-state index contributed by atoms with van der Waals surface area (Å²) in [7, 11) is 0. The fourth-order valence-electron chi connectivity index (χ4n) is 3.85. The maximum Gasteiger partial charge on any atom is 0.435 e. The van der Waals surface area contributed by atoms with Gasteiger partial charge in [-0.2, -0.15) is 39.5 Å². The van der Waals surface area contributed by atoms with Crippen molar-refractivity contribution in [2.45, 2.75) is 43.9 Å². The summed E-state index contributed by atoms with van der Waals surface area (Å²) in [6.07, 6.45) is -21.3. The molecule has 15 heteroatoms. The second kappa shape index (κ2) is 8.24. The van der Waals surface area contributed by atoms with E-state index in [1.807, 2.05) is 0 Å². The number of piperidine rings is 1. The van der Waals surface area contributed by atoms with Gasteiger partial charge in [0, 0.05) is 25.2 Å². The molecule has 1 aliphatic carbocycles. The number of rotatable bonds is 3. The normalized spacial score (nSPS) is 20.7. The molecule has 0 aromatic carbocycles. The minimum absolute atomic E-state index is 0.0576. The van der Waals surface area contributed by atoms with Gasteiger partial charge in [-0.1, -0.05) is 0 Å². The Morgan fingerprint density at radius 3 is 2.15 bits per heavy atom. The quantitative estimate of drug-likeness (QED) is 0.616. The average molecular weight is 493 g/mol. The number of halogens is 9. The standard InChI is InChI=1S/C18H16F9N3O3/c19-16(20,21)11-10(2-1-5-28-11)29-12(31)9-8-15(9)3-6-30(7-4-15)14(32)33-13(17(22,23)24)18(25,26)27/h1-2,5,9,13H,3-4,6-8H2,(H,29,31). The van der Waals surface area contributed by atoms with Crippen molar-refractivity contribution in [3.63, 3.8) is 0 Å². The van der Waals surface area contributed by atoms with Crippen LogP contribution in [0, 0.1) is 11.3 Å². The number of nitrogens with zero attached hydrogens (tertiary/aromatic N) is 2. The lowest BCUT2D eigenvalue weighted by molar-refractivity contribution is -0.308. The smallest absolute Gasteiger partial charge is 0.426 e. The van der Waals surface area contributed by atoms with Crippen LogP contribution in [0.5, 0.6) is 0 Å². The van der Waals surface area contributed by atoms with Crippen LogP contribution in [-0.2, 0) is 15.7 Å². The molecule has 1 aromatic rings. The minimum Gasteiger partial charge on any atom is -0.426 e. The van der Waals surface area contributed by atoms with Crippen molar-refractivity contribution in [2.24, 2.45) is 11.3 Å². The summed E-state index contributed by atoms with van der Waals surface area (Å²) < 4.78 is 118. The van der Waals surface area contributed by atoms with Gasteiger partial charge in [0.2, 0.25) is 5.91 Å². The molecule has 6 nitrogen and oxygen atoms in total. The predicted octanol–water partition coefficient (Wildman–Crippen LogP) is 4.77. The summed E-state index contributed by atoms with van der Waals surface area (Å²) >= 11 is 0. The molecule has 1 aromatic heterocycles. The highest BCUT2D eigenvalue weighted by molar-refractivity contribution is 5.95. The number of amides is 2. The number of carbonyl (C=O) groups excluding carboxylic acids is 2. The molecule has 1 N–H and O–H groups in total. The highest BCUT2D eigenvalue weighted by atomic mass is 19.4. The fraction of sp³-hybridized carbons (Fsp3) is 0.611. The Kier molecular flexibility index (Phi) is 6.21. The molecule has 0 bridgehead atoms. The van der Waals surface area contributed by atoms with Crippen molar-refractivity contribution in [1.29, 1.82) is 0 Å². The number of hydrogen-bond donors (Lipinski definition) is 1. The Morgan fingerprint density at radius 1 is 1.06 bits per heavy atom. The van der Waals surface area contributed by atoms with Crippen LogP contribution in [0.15, 0.2) is 18.3 Å². The van der Waals surface area contributed by atoms with Gasteiger partial charge in [0.15, 0.2) is 5.69 Å². The van der Waals surface area contributed by atoms with E-state index in [1.54, 1.807) is 0 Å². The zero-order valence-electron chi connectivity index (χ0n) is 16.4. The van der Waals surface area contributed by atoms with Gasteiger partial charge < -0.3 is 15.0 Å². The Bertz CT molecular complexity index is 892. The number of nitrogens with one attached hydrogen (secondary N) is 1. The number of aromatic nitrogens is 1. The molecular weight excluding hydrogens is 477 g/mol. The fourth-order valence-corrected chi connectivity index (χ4v) is 3.85. The molecule has 1 atom stereocenters. The third kappa shape index (κ3) is 5.43. The molecule has 1 unspecified atom stereocenters. The van der Waals surface area contributed by atoms with Crippen LogP contribution in [-0.4, -0.2) is 53.4 Å². The van der Waals surface area contributed by atoms with Crippen LogP contribution in [0.25, 0.3) is 0 Å². The molecule has 2 aliphatic rings. The number of hydrogen-bond acceptors (Lipinski definition) is 4. The van der Waals surface area contributed by atoms with E-state index in [0.29, 0.717) is 4.90 Å². The molecular formula is C18H16F9N3O3. The zero-order chi connectivity index (χ0) is 24.8. The molecule has 1 saturated heterocycles. The Labute approximate surface area is 180 Å². The third-order valence-corrected chi connectivity index (χ3v) is 5.67. The number of likely N-dealkylation sites (tertiary alicyclic amines) is 1. The number of pyridine rings is 1. The molecule has 2 heterocycles. The minimum atomic E-state index is -5.84. The van der Waals surface area contributed by atoms with Gasteiger partial charge in [-0.15, -0.1) is 0 Å². The molecule has 2 fully saturated rings. The van der Waals surface area contributed by atoms with Crippen molar-refractivity contribution in [3.05, 3.63) is 24.0 Å². The van der Waals surface area contributed by atoms with E-state index in [2.05, 4.69) is 15.0 Å². The molecule has 1 aliphatic heterocycles. The van der Waals surface area contributed by atoms with Crippen LogP contribution in [0.2, 0.25) is 0 Å². The lowest BCUT2D eigenvalue weighted by Gasteiger charge is -2.33. The first kappa shape index (κ1) is 24.9. The monoisotopic (exact) mass is 493 g/mol. The van der Waals surface area contributed by atoms with Crippen LogP contribution < -0.4 is 5.32 Å². The van der Waals surface area contributed by atoms with E-state index in [9.17, 15) is 49.1 Å². The number of ether oxygens (including phenoxy) is 1. The summed E-state index contributed by atoms with van der Waals surface area (Å²) in [5.74, 6) is -1.45. The SMILES string of the molecule is O=C(Nc1cccnc1C(F)(F)F)C1CC12CCN(C(=O)OC(C(F)(F)F)C(F)(F)F)CC2. The molecule has 1 spiro atoms. The molecule has 33 heavy (non-hydrogen) atoms. The highest BCUT2D eigenvalue weighted by Gasteiger charge is 2.62. The van der Waals surface area contributed by atoms with Crippen molar-refractivity contribution in [2.75, 3.05) is 18.4 Å². The first-order valence-corrected chi connectivity index (χ1v) is 9.47. The first-order chi connectivity index (χ1) is 15.0. The summed E-state index contributed by atoms with van der Waals surface area (Å²) in [6, 6.07) is 2.23. The van der Waals surface area contributed by atoms with Crippen LogP contribution >= 0.6 is 0 Å². The van der Waals surface area contributed by atoms with Crippen molar-refractivity contribution >= 4 is 17.7 Å². The summed E-state index contributed by atoms with van der Waals surface area (Å²) in [4.78, 5) is 28.2. The lowest BCUT2D eigenvalue weighted by atomic mass is 9.90. The lowest BCUT2D eigenvalue weighted by Crippen LogP contribution is -2.49. The first-order valence-electron chi connectivity index (χ1n) is 9.47. The third-order valence-electron chi connectivity index (χ3n) is 5.67. The van der Waals surface area contributed by atoms with Gasteiger partial charge in [-0.25, -0.2) is 9.78 Å². The van der Waals surface area contributed by atoms with E-state index >= 15 is 0 Å². The largest absolute Gasteiger partial charge is 0.435 e. The van der Waals surface area contributed by atoms with Crippen molar-refractivity contribution in [3.8, 4) is 0 Å². The van der Waals surface area contributed by atoms with Crippen molar-refractivity contribution < 1.29 is 53.8 Å². The summed E-state index contributed by atoms with van der Waals surface area (Å²) in [5, 5.41) is 2.17. The molecule has 0 radical (unpaired) electrons. The zero-order valence-corrected chi connectivity index (χ0v) is 16.4. The van der Waals surface area contributed by atoms with Gasteiger partial charge in [0.25, 0.3) is 6.10 Å². The second-order valence-electron chi connectivity index (χ2n) is 7.84. The van der Waals surface area contributed by atoms with Gasteiger partial charge in [0.05, 0.1) is 5.69 Å². The maximum atomic E-state index is 13.0. The highest BCUT2D eigenvalue weighted by Crippen LogP contribution is 2.59. The Hall–Kier alpha value is -2.74. The number of alkyl halides is 9. The van der Waals surface area contributed by atoms with Crippen molar-refractivity contribution in [1.82, 2.24) is 9.88 Å². The second-order valence-corrected chi connectivity index (χ2v) is 7.84. The summed E-state index contributed by atoms with van der Waals surface area (Å²) in [5.41, 5.74) is -2.53. The Morgan fingerprint density at radius 2 is 1.64 bits per heavy atom. The van der Waals surface area contributed by atoms with E-state index in [0.717, 1.165) is 12.3 Å². The van der Waals surface area contributed by atoms with Crippen LogP contribution in [0.3, 0.4) is 0 Å². The summed E-state index contributed by atoms with van der Waals surface area (Å²) in [6.45, 7) is -0.544. The topological polar surface area (TPSA) is 71.5 Å². The number of carbonyl (C=O) groups is 2.